The first-order chi connectivity index (χ1) is 7.79. The first-order valence-electron chi connectivity index (χ1n) is 6.62. The van der Waals surface area contributed by atoms with Gasteiger partial charge in [0.15, 0.2) is 0 Å². The Morgan fingerprint density at radius 1 is 1.31 bits per heavy atom. The molecule has 0 radical (unpaired) electrons. The molecule has 0 N–H and O–H groups in total. The molecule has 2 aliphatic heterocycles. The summed E-state index contributed by atoms with van der Waals surface area (Å²) in [5.41, 5.74) is 0. The summed E-state index contributed by atoms with van der Waals surface area (Å²) < 4.78 is 16.5. The van der Waals surface area contributed by atoms with Crippen molar-refractivity contribution in [2.24, 2.45) is 0 Å². The molecule has 2 atom stereocenters. The fourth-order valence-corrected chi connectivity index (χ4v) is 3.18. The van der Waals surface area contributed by atoms with Crippen LogP contribution in [0.1, 0.15) is 38.5 Å². The third-order valence-corrected chi connectivity index (χ3v) is 4.79. The Morgan fingerprint density at radius 3 is 2.88 bits per heavy atom. The fraction of sp³-hybridized carbons (Fsp3) is 1.00. The maximum Gasteiger partial charge on any atom is 0.104 e. The molecule has 0 amide bonds. The van der Waals surface area contributed by atoms with Gasteiger partial charge in [0, 0.05) is 28.7 Å². The van der Waals surface area contributed by atoms with E-state index in [0.717, 1.165) is 26.4 Å². The van der Waals surface area contributed by atoms with Crippen LogP contribution in [0.25, 0.3) is 0 Å². The smallest absolute Gasteiger partial charge is 0.104 e. The van der Waals surface area contributed by atoms with E-state index < -0.39 is 0 Å². The van der Waals surface area contributed by atoms with Gasteiger partial charge < -0.3 is 14.2 Å². The predicted octanol–water partition coefficient (Wildman–Crippen LogP) is 0.834. The highest BCUT2D eigenvalue weighted by atomic mass is 28.1. The molecule has 0 bridgehead atoms. The van der Waals surface area contributed by atoms with Crippen molar-refractivity contribution in [1.82, 2.24) is 0 Å². The van der Waals surface area contributed by atoms with Crippen molar-refractivity contribution in [2.75, 3.05) is 26.4 Å². The van der Waals surface area contributed by atoms with Gasteiger partial charge in [-0.05, 0) is 38.5 Å². The molecule has 16 heavy (non-hydrogen) atoms. The number of epoxide rings is 1. The first-order valence-corrected chi connectivity index (χ1v) is 7.62. The van der Waals surface area contributed by atoms with Gasteiger partial charge in [0.1, 0.15) is 6.10 Å². The van der Waals surface area contributed by atoms with Crippen LogP contribution < -0.4 is 0 Å². The molecule has 0 aromatic rings. The number of rotatable bonds is 7. The van der Waals surface area contributed by atoms with E-state index in [4.69, 9.17) is 14.2 Å². The third kappa shape index (κ3) is 4.53. The maximum atomic E-state index is 5.92. The number of unbranched alkanes of at least 4 members (excludes halogenated alkanes) is 1. The zero-order chi connectivity index (χ0) is 11.3. The molecule has 0 spiro atoms. The minimum atomic E-state index is 0.290. The van der Waals surface area contributed by atoms with Gasteiger partial charge in [-0.15, -0.1) is 0 Å². The van der Waals surface area contributed by atoms with Crippen LogP contribution in [0.3, 0.4) is 0 Å². The van der Waals surface area contributed by atoms with E-state index in [-0.39, 0.29) is 5.22 Å². The van der Waals surface area contributed by atoms with E-state index in [1.54, 1.807) is 0 Å². The summed E-state index contributed by atoms with van der Waals surface area (Å²) >= 11 is 0. The van der Waals surface area contributed by atoms with Crippen molar-refractivity contribution in [3.63, 3.8) is 0 Å². The lowest BCUT2D eigenvalue weighted by Gasteiger charge is -2.34. The van der Waals surface area contributed by atoms with E-state index in [0.29, 0.717) is 6.10 Å². The molecular weight excluding hydrogens is 220 g/mol. The molecule has 2 unspecified atom stereocenters. The SMILES string of the molecule is [SiH3]C1(CCCCOCC2CO2)CCCCO1. The van der Waals surface area contributed by atoms with Gasteiger partial charge in [-0.25, -0.2) is 0 Å². The van der Waals surface area contributed by atoms with Crippen LogP contribution in [-0.2, 0) is 14.2 Å². The largest absolute Gasteiger partial charge is 0.380 e. The number of ether oxygens (including phenoxy) is 3. The second-order valence-electron chi connectivity index (χ2n) is 5.24. The van der Waals surface area contributed by atoms with Gasteiger partial charge in [0.05, 0.1) is 13.2 Å². The van der Waals surface area contributed by atoms with Crippen LogP contribution in [0.4, 0.5) is 0 Å². The Balaban J connectivity index is 1.46. The Morgan fingerprint density at radius 2 is 2.19 bits per heavy atom. The molecule has 4 heteroatoms. The van der Waals surface area contributed by atoms with Crippen LogP contribution in [0, 0.1) is 0 Å². The normalized spacial score (nSPS) is 34.1. The molecule has 2 heterocycles. The summed E-state index contributed by atoms with van der Waals surface area (Å²) in [7, 11) is 1.17. The van der Waals surface area contributed by atoms with Crippen LogP contribution in [0.15, 0.2) is 0 Å². The highest BCUT2D eigenvalue weighted by Crippen LogP contribution is 2.26. The average molecular weight is 244 g/mol. The van der Waals surface area contributed by atoms with Gasteiger partial charge in [-0.2, -0.15) is 0 Å². The summed E-state index contributed by atoms with van der Waals surface area (Å²) in [6, 6.07) is 0. The monoisotopic (exact) mass is 244 g/mol. The molecule has 2 rings (SSSR count). The van der Waals surface area contributed by atoms with E-state index >= 15 is 0 Å². The lowest BCUT2D eigenvalue weighted by molar-refractivity contribution is -0.0250. The molecule has 3 nitrogen and oxygen atoms in total. The van der Waals surface area contributed by atoms with E-state index in [9.17, 15) is 0 Å². The van der Waals surface area contributed by atoms with Crippen molar-refractivity contribution in [3.8, 4) is 0 Å². The molecule has 2 aliphatic rings. The molecular formula is C12H24O3Si. The van der Waals surface area contributed by atoms with Gasteiger partial charge >= 0.3 is 0 Å². The van der Waals surface area contributed by atoms with Crippen molar-refractivity contribution >= 4 is 10.2 Å². The van der Waals surface area contributed by atoms with Crippen LogP contribution in [0.5, 0.6) is 0 Å². The predicted molar refractivity (Wildman–Crippen MR) is 66.9 cm³/mol. The van der Waals surface area contributed by atoms with Gasteiger partial charge in [-0.3, -0.25) is 0 Å². The second-order valence-corrected chi connectivity index (χ2v) is 7.07. The zero-order valence-corrected chi connectivity index (χ0v) is 12.4. The highest BCUT2D eigenvalue weighted by Gasteiger charge is 2.26. The van der Waals surface area contributed by atoms with E-state index in [1.165, 1.54) is 48.8 Å². The van der Waals surface area contributed by atoms with Crippen LogP contribution in [-0.4, -0.2) is 48.0 Å². The summed E-state index contributed by atoms with van der Waals surface area (Å²) in [4.78, 5) is 0. The highest BCUT2D eigenvalue weighted by molar-refractivity contribution is 6.14. The van der Waals surface area contributed by atoms with Crippen molar-refractivity contribution < 1.29 is 14.2 Å². The van der Waals surface area contributed by atoms with Crippen molar-refractivity contribution in [2.45, 2.75) is 49.9 Å². The number of hydrogen-bond donors (Lipinski definition) is 0. The van der Waals surface area contributed by atoms with Gasteiger partial charge in [0.25, 0.3) is 0 Å². The average Bonchev–Trinajstić information content (AvgIpc) is 3.08. The van der Waals surface area contributed by atoms with Crippen molar-refractivity contribution in [3.05, 3.63) is 0 Å². The molecule has 0 aromatic heterocycles. The summed E-state index contributed by atoms with van der Waals surface area (Å²) in [6.07, 6.45) is 7.97. The van der Waals surface area contributed by atoms with Gasteiger partial charge in [-0.1, -0.05) is 0 Å². The fourth-order valence-electron chi connectivity index (χ4n) is 2.27. The van der Waals surface area contributed by atoms with Crippen molar-refractivity contribution in [1.29, 1.82) is 0 Å². The topological polar surface area (TPSA) is 31.0 Å². The zero-order valence-electron chi connectivity index (χ0n) is 10.4. The summed E-state index contributed by atoms with van der Waals surface area (Å²) in [5, 5.41) is 0.290. The maximum absolute atomic E-state index is 5.92. The first kappa shape index (κ1) is 12.6. The van der Waals surface area contributed by atoms with Gasteiger partial charge in [0.2, 0.25) is 0 Å². The molecule has 0 aromatic carbocycles. The Bertz CT molecular complexity index is 200. The van der Waals surface area contributed by atoms with Crippen LogP contribution >= 0.6 is 0 Å². The molecule has 2 fully saturated rings. The minimum absolute atomic E-state index is 0.290. The second kappa shape index (κ2) is 6.14. The van der Waals surface area contributed by atoms with E-state index in [2.05, 4.69) is 0 Å². The minimum Gasteiger partial charge on any atom is -0.380 e. The summed E-state index contributed by atoms with van der Waals surface area (Å²) in [6.45, 7) is 3.57. The standard InChI is InChI=1S/C12H24O3Si/c16-12(6-2-4-8-15-12)5-1-3-7-13-9-11-10-14-11/h11H,1-10H2,16H3. The lowest BCUT2D eigenvalue weighted by Crippen LogP contribution is -2.36. The Kier molecular flexibility index (Phi) is 4.82. The molecule has 94 valence electrons. The Labute approximate surface area is 101 Å². The van der Waals surface area contributed by atoms with Crippen LogP contribution in [0.2, 0.25) is 0 Å². The lowest BCUT2D eigenvalue weighted by atomic mass is 10.0. The van der Waals surface area contributed by atoms with E-state index in [1.807, 2.05) is 0 Å². The Hall–Kier alpha value is 0.0969. The molecule has 0 saturated carbocycles. The molecule has 0 aliphatic carbocycles. The third-order valence-electron chi connectivity index (χ3n) is 3.50. The quantitative estimate of drug-likeness (QED) is 0.378. The number of hydrogen-bond acceptors (Lipinski definition) is 3. The summed E-state index contributed by atoms with van der Waals surface area (Å²) in [5.74, 6) is 0. The molecule has 2 saturated heterocycles.